The van der Waals surface area contributed by atoms with E-state index < -0.39 is 0 Å². The van der Waals surface area contributed by atoms with Gasteiger partial charge in [-0.05, 0) is 19.1 Å². The molecule has 1 heterocycles. The largest absolute Gasteiger partial charge is 0.395 e. The molecule has 0 aliphatic heterocycles. The van der Waals surface area contributed by atoms with Gasteiger partial charge in [0.05, 0.1) is 12.8 Å². The fraction of sp³-hybridized carbons (Fsp3) is 0.444. The molecule has 0 radical (unpaired) electrons. The number of nitrogens with zero attached hydrogens (tertiary/aromatic N) is 2. The van der Waals surface area contributed by atoms with Crippen molar-refractivity contribution in [2.45, 2.75) is 6.92 Å². The summed E-state index contributed by atoms with van der Waals surface area (Å²) in [5.41, 5.74) is 0. The lowest BCUT2D eigenvalue weighted by Crippen LogP contribution is -2.26. The Kier molecular flexibility index (Phi) is 3.64. The van der Waals surface area contributed by atoms with Gasteiger partial charge in [0.2, 0.25) is 0 Å². The summed E-state index contributed by atoms with van der Waals surface area (Å²) >= 11 is 0. The van der Waals surface area contributed by atoms with Gasteiger partial charge < -0.3 is 10.0 Å². The Bertz CT molecular complexity index is 250. The molecule has 3 nitrogen and oxygen atoms in total. The van der Waals surface area contributed by atoms with E-state index in [4.69, 9.17) is 5.11 Å². The number of pyridine rings is 1. The zero-order chi connectivity index (χ0) is 9.68. The molecule has 1 rings (SSSR count). The molecule has 0 saturated heterocycles. The molecule has 13 heavy (non-hydrogen) atoms. The lowest BCUT2D eigenvalue weighted by Gasteiger charge is -2.20. The number of aromatic nitrogens is 1. The molecule has 0 unspecified atom stereocenters. The quantitative estimate of drug-likeness (QED) is 0.759. The maximum absolute atomic E-state index is 12.5. The molecule has 1 N–H and O–H groups in total. The summed E-state index contributed by atoms with van der Waals surface area (Å²) < 4.78 is 12.5. The predicted octanol–water partition coefficient (Wildman–Crippen LogP) is 1.04. The van der Waals surface area contributed by atoms with E-state index >= 15 is 0 Å². The molecule has 0 aliphatic rings. The van der Waals surface area contributed by atoms with Crippen LogP contribution in [0.4, 0.5) is 10.2 Å². The third-order valence-corrected chi connectivity index (χ3v) is 1.79. The van der Waals surface area contributed by atoms with E-state index in [0.29, 0.717) is 12.4 Å². The zero-order valence-corrected chi connectivity index (χ0v) is 7.57. The van der Waals surface area contributed by atoms with Crippen LogP contribution in [-0.2, 0) is 0 Å². The molecule has 72 valence electrons. The number of likely N-dealkylation sites (N-methyl/N-ethyl adjacent to an activating group) is 1. The van der Waals surface area contributed by atoms with Crippen LogP contribution in [-0.4, -0.2) is 29.8 Å². The fourth-order valence-corrected chi connectivity index (χ4v) is 1.11. The summed E-state index contributed by atoms with van der Waals surface area (Å²) in [6.45, 7) is 3.31. The van der Waals surface area contributed by atoms with Crippen LogP contribution in [0.1, 0.15) is 6.92 Å². The van der Waals surface area contributed by atoms with Crippen molar-refractivity contribution in [3.63, 3.8) is 0 Å². The van der Waals surface area contributed by atoms with Gasteiger partial charge in [-0.25, -0.2) is 9.37 Å². The first kappa shape index (κ1) is 9.92. The summed E-state index contributed by atoms with van der Waals surface area (Å²) in [5, 5.41) is 8.74. The first-order valence-corrected chi connectivity index (χ1v) is 4.25. The monoisotopic (exact) mass is 184 g/mol. The molecular weight excluding hydrogens is 171 g/mol. The summed E-state index contributed by atoms with van der Waals surface area (Å²) in [6.07, 6.45) is 1.18. The van der Waals surface area contributed by atoms with Crippen LogP contribution in [0.2, 0.25) is 0 Å². The van der Waals surface area contributed by atoms with Gasteiger partial charge in [0, 0.05) is 13.1 Å². The van der Waals surface area contributed by atoms with E-state index in [9.17, 15) is 4.39 Å². The van der Waals surface area contributed by atoms with Crippen molar-refractivity contribution in [2.75, 3.05) is 24.6 Å². The smallest absolute Gasteiger partial charge is 0.141 e. The summed E-state index contributed by atoms with van der Waals surface area (Å²) in [5.74, 6) is 0.349. The van der Waals surface area contributed by atoms with Crippen LogP contribution in [0.25, 0.3) is 0 Å². The number of aliphatic hydroxyl groups is 1. The Morgan fingerprint density at radius 2 is 2.31 bits per heavy atom. The maximum Gasteiger partial charge on any atom is 0.141 e. The van der Waals surface area contributed by atoms with Gasteiger partial charge in [-0.15, -0.1) is 0 Å². The van der Waals surface area contributed by atoms with Gasteiger partial charge in [0.15, 0.2) is 0 Å². The molecule has 0 aliphatic carbocycles. The summed E-state index contributed by atoms with van der Waals surface area (Å²) in [6, 6.07) is 2.97. The third kappa shape index (κ3) is 2.66. The standard InChI is InChI=1S/C9H13FN2O/c1-2-12(5-6-13)9-4-3-8(10)7-11-9/h3-4,7,13H,2,5-6H2,1H3. The Balaban J connectivity index is 2.73. The van der Waals surface area contributed by atoms with E-state index in [2.05, 4.69) is 4.98 Å². The molecule has 0 saturated carbocycles. The van der Waals surface area contributed by atoms with Crippen molar-refractivity contribution in [2.24, 2.45) is 0 Å². The molecule has 1 aromatic heterocycles. The van der Waals surface area contributed by atoms with E-state index in [0.717, 1.165) is 6.54 Å². The number of aliphatic hydroxyl groups excluding tert-OH is 1. The second-order valence-electron chi connectivity index (χ2n) is 2.64. The highest BCUT2D eigenvalue weighted by Gasteiger charge is 2.03. The molecule has 0 bridgehead atoms. The van der Waals surface area contributed by atoms with Crippen molar-refractivity contribution in [3.8, 4) is 0 Å². The van der Waals surface area contributed by atoms with Gasteiger partial charge in [0.25, 0.3) is 0 Å². The average Bonchev–Trinajstić information content (AvgIpc) is 2.16. The molecule has 0 aromatic carbocycles. The second-order valence-corrected chi connectivity index (χ2v) is 2.64. The van der Waals surface area contributed by atoms with Crippen molar-refractivity contribution in [1.82, 2.24) is 4.98 Å². The van der Waals surface area contributed by atoms with E-state index in [-0.39, 0.29) is 12.4 Å². The SMILES string of the molecule is CCN(CCO)c1ccc(F)cn1. The van der Waals surface area contributed by atoms with Crippen LogP contribution in [0.3, 0.4) is 0 Å². The zero-order valence-electron chi connectivity index (χ0n) is 7.57. The minimum absolute atomic E-state index is 0.0763. The Morgan fingerprint density at radius 3 is 2.77 bits per heavy atom. The molecule has 4 heteroatoms. The maximum atomic E-state index is 12.5. The van der Waals surface area contributed by atoms with Gasteiger partial charge in [-0.2, -0.15) is 0 Å². The fourth-order valence-electron chi connectivity index (χ4n) is 1.11. The van der Waals surface area contributed by atoms with Crippen LogP contribution in [0, 0.1) is 5.82 Å². The van der Waals surface area contributed by atoms with Crippen molar-refractivity contribution >= 4 is 5.82 Å². The first-order valence-electron chi connectivity index (χ1n) is 4.25. The second kappa shape index (κ2) is 4.77. The summed E-state index contributed by atoms with van der Waals surface area (Å²) in [4.78, 5) is 5.78. The van der Waals surface area contributed by atoms with Gasteiger partial charge in [0.1, 0.15) is 11.6 Å². The van der Waals surface area contributed by atoms with Crippen LogP contribution < -0.4 is 4.90 Å². The minimum atomic E-state index is -0.344. The van der Waals surface area contributed by atoms with Gasteiger partial charge in [-0.3, -0.25) is 0 Å². The summed E-state index contributed by atoms with van der Waals surface area (Å²) in [7, 11) is 0. The number of rotatable bonds is 4. The Morgan fingerprint density at radius 1 is 1.54 bits per heavy atom. The first-order chi connectivity index (χ1) is 6.27. The van der Waals surface area contributed by atoms with E-state index in [1.165, 1.54) is 12.3 Å². The highest BCUT2D eigenvalue weighted by Crippen LogP contribution is 2.09. The molecule has 1 aromatic rings. The average molecular weight is 184 g/mol. The number of hydrogen-bond donors (Lipinski definition) is 1. The molecule has 0 atom stereocenters. The van der Waals surface area contributed by atoms with Crippen LogP contribution >= 0.6 is 0 Å². The highest BCUT2D eigenvalue weighted by atomic mass is 19.1. The highest BCUT2D eigenvalue weighted by molar-refractivity contribution is 5.37. The van der Waals surface area contributed by atoms with Crippen LogP contribution in [0.15, 0.2) is 18.3 Å². The normalized spacial score (nSPS) is 10.1. The minimum Gasteiger partial charge on any atom is -0.395 e. The van der Waals surface area contributed by atoms with E-state index in [1.54, 1.807) is 6.07 Å². The van der Waals surface area contributed by atoms with Crippen molar-refractivity contribution in [1.29, 1.82) is 0 Å². The van der Waals surface area contributed by atoms with Crippen molar-refractivity contribution < 1.29 is 9.50 Å². The number of hydrogen-bond acceptors (Lipinski definition) is 3. The lowest BCUT2D eigenvalue weighted by atomic mass is 10.4. The van der Waals surface area contributed by atoms with Gasteiger partial charge >= 0.3 is 0 Å². The van der Waals surface area contributed by atoms with Gasteiger partial charge in [-0.1, -0.05) is 0 Å². The molecule has 0 spiro atoms. The third-order valence-electron chi connectivity index (χ3n) is 1.79. The lowest BCUT2D eigenvalue weighted by molar-refractivity contribution is 0.302. The number of anilines is 1. The Labute approximate surface area is 76.8 Å². The molecule has 0 fully saturated rings. The van der Waals surface area contributed by atoms with Crippen molar-refractivity contribution in [3.05, 3.63) is 24.1 Å². The van der Waals surface area contributed by atoms with E-state index in [1.807, 2.05) is 11.8 Å². The predicted molar refractivity (Wildman–Crippen MR) is 49.2 cm³/mol. The van der Waals surface area contributed by atoms with Crippen LogP contribution in [0.5, 0.6) is 0 Å². The number of halogens is 1. The Hall–Kier alpha value is -1.16. The topological polar surface area (TPSA) is 36.4 Å². The molecular formula is C9H13FN2O. The molecule has 0 amide bonds.